The van der Waals surface area contributed by atoms with Crippen molar-refractivity contribution >= 4 is 16.8 Å². The maximum absolute atomic E-state index is 13.8. The number of nitrogens with one attached hydrogen (secondary N) is 1. The fourth-order valence-corrected chi connectivity index (χ4v) is 2.44. The van der Waals surface area contributed by atoms with E-state index in [0.29, 0.717) is 18.4 Å². The second-order valence-electron chi connectivity index (χ2n) is 5.36. The number of hydrogen-bond acceptors (Lipinski definition) is 3. The normalized spacial score (nSPS) is 10.6. The van der Waals surface area contributed by atoms with E-state index in [0.717, 1.165) is 11.3 Å². The number of fused-ring (bicyclic) bond motifs is 1. The molecule has 1 aromatic heterocycles. The van der Waals surface area contributed by atoms with Crippen molar-refractivity contribution in [1.29, 1.82) is 0 Å². The number of pyridine rings is 1. The number of carbonyl (C=O) groups excluding carboxylic acids is 1. The molecular formula is C19H17FN2O2. The minimum Gasteiger partial charge on any atom is -0.497 e. The number of ether oxygens (including phenoxy) is 1. The molecule has 0 radical (unpaired) electrons. The first-order valence-electron chi connectivity index (χ1n) is 7.64. The first kappa shape index (κ1) is 15.9. The van der Waals surface area contributed by atoms with Gasteiger partial charge in [-0.1, -0.05) is 30.3 Å². The molecule has 0 bridgehead atoms. The van der Waals surface area contributed by atoms with Gasteiger partial charge in [0.1, 0.15) is 22.8 Å². The molecule has 24 heavy (non-hydrogen) atoms. The summed E-state index contributed by atoms with van der Waals surface area (Å²) in [4.78, 5) is 16.3. The number of aromatic nitrogens is 1. The second-order valence-corrected chi connectivity index (χ2v) is 5.36. The lowest BCUT2D eigenvalue weighted by Gasteiger charge is -2.07. The molecule has 4 nitrogen and oxygen atoms in total. The van der Waals surface area contributed by atoms with Crippen molar-refractivity contribution in [1.82, 2.24) is 10.3 Å². The summed E-state index contributed by atoms with van der Waals surface area (Å²) in [7, 11) is 1.62. The molecule has 0 unspecified atom stereocenters. The Labute approximate surface area is 139 Å². The Morgan fingerprint density at radius 1 is 1.12 bits per heavy atom. The van der Waals surface area contributed by atoms with Crippen LogP contribution >= 0.6 is 0 Å². The van der Waals surface area contributed by atoms with Crippen molar-refractivity contribution in [3.05, 3.63) is 71.7 Å². The summed E-state index contributed by atoms with van der Waals surface area (Å²) in [6.07, 6.45) is 0.692. The van der Waals surface area contributed by atoms with E-state index in [1.54, 1.807) is 31.4 Å². The molecule has 2 aromatic carbocycles. The summed E-state index contributed by atoms with van der Waals surface area (Å²) < 4.78 is 18.9. The van der Waals surface area contributed by atoms with Gasteiger partial charge in [0.2, 0.25) is 0 Å². The molecule has 5 heteroatoms. The second kappa shape index (κ2) is 7.08. The van der Waals surface area contributed by atoms with Gasteiger partial charge in [-0.25, -0.2) is 9.37 Å². The molecule has 1 heterocycles. The van der Waals surface area contributed by atoms with E-state index >= 15 is 0 Å². The molecular weight excluding hydrogens is 307 g/mol. The van der Waals surface area contributed by atoms with Gasteiger partial charge in [-0.2, -0.15) is 0 Å². The summed E-state index contributed by atoms with van der Waals surface area (Å²) in [5.74, 6) is 0.0548. The standard InChI is InChI=1S/C19H17FN2O2/c1-24-15-8-5-13(6-9-15)11-12-21-19(23)17-10-7-14-3-2-4-16(20)18(14)22-17/h2-10H,11-12H2,1H3,(H,21,23). The first-order chi connectivity index (χ1) is 11.7. The predicted octanol–water partition coefficient (Wildman–Crippen LogP) is 3.36. The lowest BCUT2D eigenvalue weighted by Crippen LogP contribution is -2.26. The van der Waals surface area contributed by atoms with E-state index in [4.69, 9.17) is 4.74 Å². The summed E-state index contributed by atoms with van der Waals surface area (Å²) >= 11 is 0. The van der Waals surface area contributed by atoms with Crippen molar-refractivity contribution in [3.8, 4) is 5.75 Å². The van der Waals surface area contributed by atoms with Crippen LogP contribution < -0.4 is 10.1 Å². The van der Waals surface area contributed by atoms with Crippen LogP contribution in [0.1, 0.15) is 16.1 Å². The zero-order chi connectivity index (χ0) is 16.9. The van der Waals surface area contributed by atoms with Crippen LogP contribution in [0.25, 0.3) is 10.9 Å². The number of halogens is 1. The van der Waals surface area contributed by atoms with E-state index in [9.17, 15) is 9.18 Å². The smallest absolute Gasteiger partial charge is 0.269 e. The van der Waals surface area contributed by atoms with Crippen molar-refractivity contribution < 1.29 is 13.9 Å². The number of nitrogens with zero attached hydrogens (tertiary/aromatic N) is 1. The van der Waals surface area contributed by atoms with Crippen molar-refractivity contribution in [2.75, 3.05) is 13.7 Å². The van der Waals surface area contributed by atoms with Crippen molar-refractivity contribution in [2.45, 2.75) is 6.42 Å². The highest BCUT2D eigenvalue weighted by atomic mass is 19.1. The molecule has 0 saturated heterocycles. The predicted molar refractivity (Wildman–Crippen MR) is 90.7 cm³/mol. The van der Waals surface area contributed by atoms with Crippen LogP contribution in [0.3, 0.4) is 0 Å². The van der Waals surface area contributed by atoms with Gasteiger partial charge < -0.3 is 10.1 Å². The Bertz CT molecular complexity index is 863. The number of benzene rings is 2. The summed E-state index contributed by atoms with van der Waals surface area (Å²) in [5, 5.41) is 3.48. The summed E-state index contributed by atoms with van der Waals surface area (Å²) in [6, 6.07) is 15.7. The first-order valence-corrected chi connectivity index (χ1v) is 7.64. The van der Waals surface area contributed by atoms with Gasteiger partial charge in [0.25, 0.3) is 5.91 Å². The topological polar surface area (TPSA) is 51.2 Å². The molecule has 3 aromatic rings. The van der Waals surface area contributed by atoms with E-state index < -0.39 is 5.82 Å². The highest BCUT2D eigenvalue weighted by Crippen LogP contribution is 2.16. The number of rotatable bonds is 5. The lowest BCUT2D eigenvalue weighted by molar-refractivity contribution is 0.0949. The molecule has 0 aliphatic rings. The quantitative estimate of drug-likeness (QED) is 0.783. The van der Waals surface area contributed by atoms with Crippen LogP contribution in [-0.2, 0) is 6.42 Å². The number of hydrogen-bond donors (Lipinski definition) is 1. The van der Waals surface area contributed by atoms with E-state index in [1.807, 2.05) is 24.3 Å². The Kier molecular flexibility index (Phi) is 4.70. The van der Waals surface area contributed by atoms with Gasteiger partial charge in [-0.3, -0.25) is 4.79 Å². The molecule has 1 N–H and O–H groups in total. The Morgan fingerprint density at radius 3 is 2.67 bits per heavy atom. The minimum atomic E-state index is -0.430. The SMILES string of the molecule is COc1ccc(CCNC(=O)c2ccc3cccc(F)c3n2)cc1. The van der Waals surface area contributed by atoms with E-state index in [1.165, 1.54) is 6.07 Å². The third-order valence-electron chi connectivity index (χ3n) is 3.76. The molecule has 0 spiro atoms. The van der Waals surface area contributed by atoms with Crippen LogP contribution in [0.4, 0.5) is 4.39 Å². The van der Waals surface area contributed by atoms with Gasteiger partial charge >= 0.3 is 0 Å². The number of amides is 1. The van der Waals surface area contributed by atoms with Gasteiger partial charge in [0, 0.05) is 11.9 Å². The number of methoxy groups -OCH3 is 1. The number of para-hydroxylation sites is 1. The highest BCUT2D eigenvalue weighted by molar-refractivity contribution is 5.94. The maximum Gasteiger partial charge on any atom is 0.269 e. The van der Waals surface area contributed by atoms with Gasteiger partial charge in [-0.05, 0) is 36.2 Å². The lowest BCUT2D eigenvalue weighted by atomic mass is 10.1. The van der Waals surface area contributed by atoms with Crippen LogP contribution in [-0.4, -0.2) is 24.5 Å². The van der Waals surface area contributed by atoms with E-state index in [2.05, 4.69) is 10.3 Å². The van der Waals surface area contributed by atoms with Crippen LogP contribution in [0.2, 0.25) is 0 Å². The molecule has 0 aliphatic heterocycles. The molecule has 1 amide bonds. The molecule has 122 valence electrons. The zero-order valence-electron chi connectivity index (χ0n) is 13.3. The minimum absolute atomic E-state index is 0.209. The van der Waals surface area contributed by atoms with Crippen LogP contribution in [0, 0.1) is 5.82 Å². The fraction of sp³-hybridized carbons (Fsp3) is 0.158. The van der Waals surface area contributed by atoms with Gasteiger partial charge in [0.05, 0.1) is 7.11 Å². The molecule has 0 aliphatic carbocycles. The van der Waals surface area contributed by atoms with Crippen molar-refractivity contribution in [3.63, 3.8) is 0 Å². The summed E-state index contributed by atoms with van der Waals surface area (Å²) in [5.41, 5.74) is 1.51. The third-order valence-corrected chi connectivity index (χ3v) is 3.76. The maximum atomic E-state index is 13.8. The van der Waals surface area contributed by atoms with Gasteiger partial charge in [0.15, 0.2) is 0 Å². The van der Waals surface area contributed by atoms with E-state index in [-0.39, 0.29) is 17.1 Å². The average molecular weight is 324 g/mol. The monoisotopic (exact) mass is 324 g/mol. The number of carbonyl (C=O) groups is 1. The fourth-order valence-electron chi connectivity index (χ4n) is 2.44. The molecule has 0 atom stereocenters. The van der Waals surface area contributed by atoms with Crippen LogP contribution in [0.5, 0.6) is 5.75 Å². The van der Waals surface area contributed by atoms with Crippen molar-refractivity contribution in [2.24, 2.45) is 0 Å². The largest absolute Gasteiger partial charge is 0.497 e. The average Bonchev–Trinajstić information content (AvgIpc) is 2.62. The Hall–Kier alpha value is -2.95. The Morgan fingerprint density at radius 2 is 1.92 bits per heavy atom. The molecule has 0 fully saturated rings. The highest BCUT2D eigenvalue weighted by Gasteiger charge is 2.09. The van der Waals surface area contributed by atoms with Gasteiger partial charge in [-0.15, -0.1) is 0 Å². The molecule has 3 rings (SSSR count). The Balaban J connectivity index is 1.63. The van der Waals surface area contributed by atoms with Crippen LogP contribution in [0.15, 0.2) is 54.6 Å². The summed E-state index contributed by atoms with van der Waals surface area (Å²) in [6.45, 7) is 0.474. The molecule has 0 saturated carbocycles. The third kappa shape index (κ3) is 3.51. The zero-order valence-corrected chi connectivity index (χ0v) is 13.3.